The Morgan fingerprint density at radius 3 is 2.73 bits per heavy atom. The molecule has 1 aromatic rings. The van der Waals surface area contributed by atoms with Crippen molar-refractivity contribution in [3.63, 3.8) is 0 Å². The number of piperidine rings is 1. The van der Waals surface area contributed by atoms with Gasteiger partial charge in [-0.15, -0.1) is 0 Å². The number of morpholine rings is 1. The number of carbonyl (C=O) groups is 1. The van der Waals surface area contributed by atoms with Crippen LogP contribution in [0.1, 0.15) is 12.8 Å². The number of halogens is 1. The monoisotopic (exact) mass is 362 g/mol. The molecule has 8 heteroatoms. The lowest BCUT2D eigenvalue weighted by Gasteiger charge is -2.48. The zero-order valence-electron chi connectivity index (χ0n) is 14.6. The van der Waals surface area contributed by atoms with Crippen LogP contribution >= 0.6 is 0 Å². The molecule has 4 atom stereocenters. The number of nitrogens with zero attached hydrogens (tertiary/aromatic N) is 4. The third-order valence-corrected chi connectivity index (χ3v) is 6.23. The molecule has 3 aliphatic heterocycles. The molecule has 0 bridgehead atoms. The standard InChI is InChI=1S/C18H23FN4O3/c19-12-6-20-17(21-7-12)23-3-1-2-18(11-23)10-22(4-5-26-18)16(24)15-13-8-25-9-14(13)15/h6-7,13-15H,1-5,8-11H2/t13-,14+,15?,18?. The second kappa shape index (κ2) is 6.13. The molecule has 4 aliphatic rings. The minimum Gasteiger partial charge on any atom is -0.381 e. The predicted molar refractivity (Wildman–Crippen MR) is 90.0 cm³/mol. The van der Waals surface area contributed by atoms with Crippen molar-refractivity contribution in [3.05, 3.63) is 18.2 Å². The van der Waals surface area contributed by atoms with Gasteiger partial charge in [0.05, 0.1) is 45.3 Å². The largest absolute Gasteiger partial charge is 0.381 e. The zero-order valence-corrected chi connectivity index (χ0v) is 14.6. The van der Waals surface area contributed by atoms with Crippen molar-refractivity contribution in [2.45, 2.75) is 18.4 Å². The number of carbonyl (C=O) groups excluding carboxylic acids is 1. The molecule has 0 radical (unpaired) electrons. The predicted octanol–water partition coefficient (Wildman–Crippen LogP) is 0.706. The van der Waals surface area contributed by atoms with Crippen molar-refractivity contribution >= 4 is 11.9 Å². The van der Waals surface area contributed by atoms with E-state index in [1.54, 1.807) is 0 Å². The fraction of sp³-hybridized carbons (Fsp3) is 0.722. The van der Waals surface area contributed by atoms with Crippen LogP contribution in [0.4, 0.5) is 10.3 Å². The molecule has 5 rings (SSSR count). The number of ether oxygens (including phenoxy) is 2. The Bertz CT molecular complexity index is 688. The summed E-state index contributed by atoms with van der Waals surface area (Å²) >= 11 is 0. The first kappa shape index (κ1) is 16.4. The van der Waals surface area contributed by atoms with E-state index < -0.39 is 5.82 Å². The molecule has 4 heterocycles. The summed E-state index contributed by atoms with van der Waals surface area (Å²) in [5, 5.41) is 0. The third kappa shape index (κ3) is 2.75. The van der Waals surface area contributed by atoms with Gasteiger partial charge in [0.15, 0.2) is 5.82 Å². The fourth-order valence-corrected chi connectivity index (χ4v) is 4.83. The Morgan fingerprint density at radius 1 is 1.19 bits per heavy atom. The van der Waals surface area contributed by atoms with Crippen molar-refractivity contribution < 1.29 is 18.7 Å². The lowest BCUT2D eigenvalue weighted by molar-refractivity contribution is -0.154. The first-order valence-corrected chi connectivity index (χ1v) is 9.38. The third-order valence-electron chi connectivity index (χ3n) is 6.23. The Morgan fingerprint density at radius 2 is 1.96 bits per heavy atom. The normalized spacial score (nSPS) is 36.3. The summed E-state index contributed by atoms with van der Waals surface area (Å²) in [5.74, 6) is 1.35. The summed E-state index contributed by atoms with van der Waals surface area (Å²) in [7, 11) is 0. The fourth-order valence-electron chi connectivity index (χ4n) is 4.83. The summed E-state index contributed by atoms with van der Waals surface area (Å²) in [6.45, 7) is 4.73. The molecule has 1 amide bonds. The molecular weight excluding hydrogens is 339 g/mol. The van der Waals surface area contributed by atoms with Gasteiger partial charge in [-0.25, -0.2) is 14.4 Å². The highest BCUT2D eigenvalue weighted by molar-refractivity contribution is 5.82. The van der Waals surface area contributed by atoms with Crippen LogP contribution in [-0.2, 0) is 14.3 Å². The molecule has 0 N–H and O–H groups in total. The Balaban J connectivity index is 1.28. The Kier molecular flexibility index (Phi) is 3.86. The van der Waals surface area contributed by atoms with Gasteiger partial charge in [-0.1, -0.05) is 0 Å². The van der Waals surface area contributed by atoms with E-state index in [2.05, 4.69) is 9.97 Å². The lowest BCUT2D eigenvalue weighted by atomic mass is 9.90. The van der Waals surface area contributed by atoms with Gasteiger partial charge in [-0.05, 0) is 24.7 Å². The maximum Gasteiger partial charge on any atom is 0.226 e. The number of anilines is 1. The molecule has 26 heavy (non-hydrogen) atoms. The van der Waals surface area contributed by atoms with Crippen LogP contribution in [0.2, 0.25) is 0 Å². The van der Waals surface area contributed by atoms with Crippen molar-refractivity contribution in [2.24, 2.45) is 17.8 Å². The summed E-state index contributed by atoms with van der Waals surface area (Å²) in [6.07, 6.45) is 4.23. The van der Waals surface area contributed by atoms with Crippen LogP contribution < -0.4 is 4.90 Å². The van der Waals surface area contributed by atoms with Crippen LogP contribution in [0.25, 0.3) is 0 Å². The molecule has 1 saturated carbocycles. The average Bonchev–Trinajstić information content (AvgIpc) is 3.13. The molecule has 140 valence electrons. The summed E-state index contributed by atoms with van der Waals surface area (Å²) in [5.41, 5.74) is -0.385. The first-order valence-electron chi connectivity index (χ1n) is 9.38. The molecular formula is C18H23FN4O3. The van der Waals surface area contributed by atoms with E-state index in [1.165, 1.54) is 12.4 Å². The molecule has 0 aromatic carbocycles. The second-order valence-corrected chi connectivity index (χ2v) is 7.91. The van der Waals surface area contributed by atoms with Crippen molar-refractivity contribution in [2.75, 3.05) is 50.9 Å². The van der Waals surface area contributed by atoms with E-state index in [4.69, 9.17) is 9.47 Å². The number of hydrogen-bond donors (Lipinski definition) is 0. The van der Waals surface area contributed by atoms with E-state index >= 15 is 0 Å². The van der Waals surface area contributed by atoms with Crippen LogP contribution in [0.3, 0.4) is 0 Å². The molecule has 7 nitrogen and oxygen atoms in total. The van der Waals surface area contributed by atoms with Crippen LogP contribution in [0.15, 0.2) is 12.4 Å². The highest BCUT2D eigenvalue weighted by Crippen LogP contribution is 2.51. The van der Waals surface area contributed by atoms with Crippen LogP contribution in [0, 0.1) is 23.6 Å². The summed E-state index contributed by atoms with van der Waals surface area (Å²) in [4.78, 5) is 25.2. The van der Waals surface area contributed by atoms with E-state index in [0.29, 0.717) is 44.0 Å². The van der Waals surface area contributed by atoms with Crippen molar-refractivity contribution in [1.82, 2.24) is 14.9 Å². The molecule has 4 fully saturated rings. The van der Waals surface area contributed by atoms with E-state index in [9.17, 15) is 9.18 Å². The van der Waals surface area contributed by atoms with E-state index in [1.807, 2.05) is 9.80 Å². The minimum atomic E-state index is -0.440. The molecule has 3 saturated heterocycles. The quantitative estimate of drug-likeness (QED) is 0.772. The number of hydrogen-bond acceptors (Lipinski definition) is 6. The maximum atomic E-state index is 13.1. The minimum absolute atomic E-state index is 0.152. The van der Waals surface area contributed by atoms with Crippen molar-refractivity contribution in [1.29, 1.82) is 0 Å². The zero-order chi connectivity index (χ0) is 17.7. The topological polar surface area (TPSA) is 67.8 Å². The number of rotatable bonds is 2. The van der Waals surface area contributed by atoms with Crippen LogP contribution in [-0.4, -0.2) is 72.4 Å². The van der Waals surface area contributed by atoms with Gasteiger partial charge in [-0.2, -0.15) is 0 Å². The van der Waals surface area contributed by atoms with E-state index in [-0.39, 0.29) is 17.4 Å². The lowest BCUT2D eigenvalue weighted by Crippen LogP contribution is -2.61. The first-order chi connectivity index (χ1) is 12.7. The molecule has 1 aromatic heterocycles. The molecule has 1 aliphatic carbocycles. The van der Waals surface area contributed by atoms with Gasteiger partial charge in [0, 0.05) is 19.0 Å². The van der Waals surface area contributed by atoms with Gasteiger partial charge in [-0.3, -0.25) is 4.79 Å². The summed E-state index contributed by atoms with van der Waals surface area (Å²) < 4.78 is 24.7. The highest BCUT2D eigenvalue weighted by atomic mass is 19.1. The van der Waals surface area contributed by atoms with Gasteiger partial charge in [0.2, 0.25) is 11.9 Å². The second-order valence-electron chi connectivity index (χ2n) is 7.91. The average molecular weight is 362 g/mol. The van der Waals surface area contributed by atoms with Gasteiger partial charge < -0.3 is 19.3 Å². The Hall–Kier alpha value is -1.80. The number of fused-ring (bicyclic) bond motifs is 1. The number of aromatic nitrogens is 2. The smallest absolute Gasteiger partial charge is 0.226 e. The maximum absolute atomic E-state index is 13.1. The summed E-state index contributed by atoms with van der Waals surface area (Å²) in [6, 6.07) is 0. The molecule has 2 unspecified atom stereocenters. The molecule has 1 spiro atoms. The van der Waals surface area contributed by atoms with E-state index in [0.717, 1.165) is 32.6 Å². The Labute approximate surface area is 151 Å². The van der Waals surface area contributed by atoms with Crippen molar-refractivity contribution in [3.8, 4) is 0 Å². The SMILES string of the molecule is O=C(C1[C@H]2COC[C@@H]12)N1CCOC2(CCCN(c3ncc(F)cn3)C2)C1. The highest BCUT2D eigenvalue weighted by Gasteiger charge is 2.59. The van der Waals surface area contributed by atoms with Gasteiger partial charge in [0.1, 0.15) is 5.60 Å². The van der Waals surface area contributed by atoms with Crippen LogP contribution in [0.5, 0.6) is 0 Å². The van der Waals surface area contributed by atoms with Gasteiger partial charge >= 0.3 is 0 Å². The number of amides is 1. The van der Waals surface area contributed by atoms with Gasteiger partial charge in [0.25, 0.3) is 0 Å².